The smallest absolute Gasteiger partial charge is 0.254 e. The van der Waals surface area contributed by atoms with Gasteiger partial charge in [0.15, 0.2) is 17.3 Å². The highest BCUT2D eigenvalue weighted by molar-refractivity contribution is 5.95. The van der Waals surface area contributed by atoms with Gasteiger partial charge in [0.25, 0.3) is 5.91 Å². The van der Waals surface area contributed by atoms with Crippen molar-refractivity contribution in [2.75, 3.05) is 6.79 Å². The summed E-state index contributed by atoms with van der Waals surface area (Å²) in [6, 6.07) is 23.2. The fourth-order valence-electron chi connectivity index (χ4n) is 3.83. The summed E-state index contributed by atoms with van der Waals surface area (Å²) in [5, 5.41) is 4.25. The Morgan fingerprint density at radius 2 is 1.70 bits per heavy atom. The van der Waals surface area contributed by atoms with Gasteiger partial charge in [-0.2, -0.15) is 0 Å². The Morgan fingerprint density at radius 1 is 0.879 bits per heavy atom. The minimum atomic E-state index is -0.118. The molecule has 2 heterocycles. The lowest BCUT2D eigenvalue weighted by molar-refractivity contribution is 0.0726. The van der Waals surface area contributed by atoms with Crippen molar-refractivity contribution >= 4 is 5.91 Å². The predicted molar refractivity (Wildman–Crippen MR) is 124 cm³/mol. The van der Waals surface area contributed by atoms with Crippen molar-refractivity contribution in [2.24, 2.45) is 0 Å². The van der Waals surface area contributed by atoms with Gasteiger partial charge >= 0.3 is 0 Å². The molecule has 33 heavy (non-hydrogen) atoms. The molecule has 5 rings (SSSR count). The van der Waals surface area contributed by atoms with E-state index in [4.69, 9.17) is 14.0 Å². The van der Waals surface area contributed by atoms with Crippen molar-refractivity contribution in [1.29, 1.82) is 0 Å². The average Bonchev–Trinajstić information content (AvgIpc) is 3.50. The molecule has 1 amide bonds. The number of amides is 1. The van der Waals surface area contributed by atoms with E-state index >= 15 is 0 Å². The summed E-state index contributed by atoms with van der Waals surface area (Å²) in [6.07, 6.45) is 0. The second kappa shape index (κ2) is 8.82. The quantitative estimate of drug-likeness (QED) is 0.394. The number of nitrogens with zero attached hydrogens (tertiary/aromatic N) is 2. The second-order valence-electron chi connectivity index (χ2n) is 8.20. The van der Waals surface area contributed by atoms with E-state index in [0.717, 1.165) is 11.1 Å². The number of hydrogen-bond donors (Lipinski definition) is 0. The zero-order valence-corrected chi connectivity index (χ0v) is 18.6. The van der Waals surface area contributed by atoms with Gasteiger partial charge in [-0.05, 0) is 54.8 Å². The molecule has 3 aromatic carbocycles. The normalized spacial score (nSPS) is 12.1. The predicted octanol–water partition coefficient (Wildman–Crippen LogP) is 5.53. The number of hydrogen-bond acceptors (Lipinski definition) is 5. The van der Waals surface area contributed by atoms with E-state index < -0.39 is 0 Å². The van der Waals surface area contributed by atoms with Crippen LogP contribution in [0.25, 0.3) is 11.3 Å². The molecule has 0 saturated heterocycles. The van der Waals surface area contributed by atoms with Crippen LogP contribution in [0.5, 0.6) is 11.5 Å². The molecule has 0 unspecified atom stereocenters. The number of carbonyl (C=O) groups excluding carboxylic acids is 1. The molecule has 0 bridgehead atoms. The van der Waals surface area contributed by atoms with E-state index in [1.165, 1.54) is 11.1 Å². The van der Waals surface area contributed by atoms with Crippen molar-refractivity contribution in [3.63, 3.8) is 0 Å². The van der Waals surface area contributed by atoms with Gasteiger partial charge in [-0.3, -0.25) is 4.79 Å². The Labute approximate surface area is 192 Å². The fourth-order valence-corrected chi connectivity index (χ4v) is 3.83. The molecule has 1 aromatic heterocycles. The number of fused-ring (bicyclic) bond motifs is 1. The summed E-state index contributed by atoms with van der Waals surface area (Å²) in [7, 11) is 0. The van der Waals surface area contributed by atoms with Gasteiger partial charge in [0.05, 0.1) is 6.54 Å². The number of aryl methyl sites for hydroxylation is 2. The van der Waals surface area contributed by atoms with Gasteiger partial charge in [0.2, 0.25) is 6.79 Å². The lowest BCUT2D eigenvalue weighted by atomic mass is 10.0. The van der Waals surface area contributed by atoms with Crippen LogP contribution < -0.4 is 9.47 Å². The van der Waals surface area contributed by atoms with Crippen molar-refractivity contribution in [1.82, 2.24) is 10.1 Å². The van der Waals surface area contributed by atoms with Crippen LogP contribution in [0.3, 0.4) is 0 Å². The molecule has 1 aliphatic rings. The molecular weight excluding hydrogens is 416 g/mol. The molecular formula is C27H24N2O4. The highest BCUT2D eigenvalue weighted by Crippen LogP contribution is 2.33. The zero-order valence-electron chi connectivity index (χ0n) is 18.6. The van der Waals surface area contributed by atoms with E-state index in [0.29, 0.717) is 41.6 Å². The van der Waals surface area contributed by atoms with Gasteiger partial charge in [-0.15, -0.1) is 0 Å². The van der Waals surface area contributed by atoms with Crippen LogP contribution in [0, 0.1) is 13.8 Å². The van der Waals surface area contributed by atoms with Crippen molar-refractivity contribution in [2.45, 2.75) is 26.9 Å². The van der Waals surface area contributed by atoms with Crippen molar-refractivity contribution in [3.05, 3.63) is 101 Å². The van der Waals surface area contributed by atoms with Crippen molar-refractivity contribution in [3.8, 4) is 22.8 Å². The highest BCUT2D eigenvalue weighted by Gasteiger charge is 2.22. The Hall–Kier alpha value is -4.06. The summed E-state index contributed by atoms with van der Waals surface area (Å²) in [6.45, 7) is 5.08. The largest absolute Gasteiger partial charge is 0.454 e. The third kappa shape index (κ3) is 4.46. The Balaban J connectivity index is 1.42. The standard InChI is InChI=1S/C27H24N2O4/c1-18-8-9-21(12-19(18)2)25-14-23(28-33-25)16-29(15-20-6-4-3-5-7-20)27(30)22-10-11-24-26(13-22)32-17-31-24/h3-14H,15-17H2,1-2H3. The monoisotopic (exact) mass is 440 g/mol. The van der Waals surface area contributed by atoms with Gasteiger partial charge in [0.1, 0.15) is 5.69 Å². The summed E-state index contributed by atoms with van der Waals surface area (Å²) >= 11 is 0. The topological polar surface area (TPSA) is 64.8 Å². The molecule has 166 valence electrons. The molecule has 0 aliphatic carbocycles. The summed E-state index contributed by atoms with van der Waals surface area (Å²) < 4.78 is 16.4. The Morgan fingerprint density at radius 3 is 2.52 bits per heavy atom. The first-order chi connectivity index (χ1) is 16.1. The van der Waals surface area contributed by atoms with E-state index in [2.05, 4.69) is 31.1 Å². The molecule has 0 radical (unpaired) electrons. The number of benzene rings is 3. The maximum absolute atomic E-state index is 13.5. The molecule has 1 aliphatic heterocycles. The number of rotatable bonds is 6. The van der Waals surface area contributed by atoms with E-state index in [1.807, 2.05) is 42.5 Å². The lowest BCUT2D eigenvalue weighted by Gasteiger charge is -2.22. The first-order valence-corrected chi connectivity index (χ1v) is 10.8. The maximum atomic E-state index is 13.5. The van der Waals surface area contributed by atoms with Crippen LogP contribution in [-0.2, 0) is 13.1 Å². The second-order valence-corrected chi connectivity index (χ2v) is 8.20. The van der Waals surface area contributed by atoms with Gasteiger partial charge in [0, 0.05) is 23.7 Å². The van der Waals surface area contributed by atoms with Gasteiger partial charge in [-0.25, -0.2) is 0 Å². The molecule has 0 saturated carbocycles. The van der Waals surface area contributed by atoms with E-state index in [-0.39, 0.29) is 12.7 Å². The van der Waals surface area contributed by atoms with Crippen LogP contribution in [0.1, 0.15) is 32.7 Å². The third-order valence-corrected chi connectivity index (χ3v) is 5.83. The Kier molecular flexibility index (Phi) is 5.57. The molecule has 4 aromatic rings. The summed E-state index contributed by atoms with van der Waals surface area (Å²) in [5.41, 5.74) is 5.63. The maximum Gasteiger partial charge on any atom is 0.254 e. The van der Waals surface area contributed by atoms with Crippen LogP contribution >= 0.6 is 0 Å². The summed E-state index contributed by atoms with van der Waals surface area (Å²) in [4.78, 5) is 15.2. The Bertz CT molecular complexity index is 1300. The van der Waals surface area contributed by atoms with Gasteiger partial charge < -0.3 is 18.9 Å². The lowest BCUT2D eigenvalue weighted by Crippen LogP contribution is -2.30. The minimum absolute atomic E-state index is 0.118. The number of aromatic nitrogens is 1. The SMILES string of the molecule is Cc1ccc(-c2cc(CN(Cc3ccccc3)C(=O)c3ccc4c(c3)OCO4)no2)cc1C. The third-order valence-electron chi connectivity index (χ3n) is 5.83. The van der Waals surface area contributed by atoms with E-state index in [9.17, 15) is 4.79 Å². The first kappa shape index (κ1) is 20.8. The first-order valence-electron chi connectivity index (χ1n) is 10.8. The molecule has 0 spiro atoms. The number of ether oxygens (including phenoxy) is 2. The van der Waals surface area contributed by atoms with Gasteiger partial charge in [-0.1, -0.05) is 47.6 Å². The fraction of sp³-hybridized carbons (Fsp3) is 0.185. The van der Waals surface area contributed by atoms with Crippen LogP contribution in [0.4, 0.5) is 0 Å². The average molecular weight is 440 g/mol. The molecule has 0 fully saturated rings. The number of carbonyl (C=O) groups is 1. The summed E-state index contributed by atoms with van der Waals surface area (Å²) in [5.74, 6) is 1.80. The highest BCUT2D eigenvalue weighted by atomic mass is 16.7. The zero-order chi connectivity index (χ0) is 22.8. The minimum Gasteiger partial charge on any atom is -0.454 e. The van der Waals surface area contributed by atoms with Crippen LogP contribution in [0.15, 0.2) is 77.3 Å². The molecule has 6 heteroatoms. The molecule has 6 nitrogen and oxygen atoms in total. The van der Waals surface area contributed by atoms with Crippen LogP contribution in [0.2, 0.25) is 0 Å². The molecule has 0 N–H and O–H groups in total. The van der Waals surface area contributed by atoms with Crippen molar-refractivity contribution < 1.29 is 18.8 Å². The van der Waals surface area contributed by atoms with Crippen LogP contribution in [-0.4, -0.2) is 22.8 Å². The molecule has 0 atom stereocenters. The van der Waals surface area contributed by atoms with E-state index in [1.54, 1.807) is 23.1 Å².